The van der Waals surface area contributed by atoms with Gasteiger partial charge in [0.25, 0.3) is 5.91 Å². The van der Waals surface area contributed by atoms with E-state index in [1.165, 1.54) is 0 Å². The maximum absolute atomic E-state index is 12.1. The van der Waals surface area contributed by atoms with E-state index in [1.807, 2.05) is 13.8 Å². The highest BCUT2D eigenvalue weighted by Gasteiger charge is 2.24. The van der Waals surface area contributed by atoms with Crippen molar-refractivity contribution in [3.8, 4) is 0 Å². The third kappa shape index (κ3) is 2.77. The number of aromatic amines is 1. The van der Waals surface area contributed by atoms with Gasteiger partial charge in [0.15, 0.2) is 11.6 Å². The number of carbonyl (C=O) groups excluding carboxylic acids is 2. The minimum Gasteiger partial charge on any atom is -0.339 e. The monoisotopic (exact) mass is 317 g/mol. The van der Waals surface area contributed by atoms with Crippen molar-refractivity contribution in [2.75, 3.05) is 24.2 Å². The van der Waals surface area contributed by atoms with Crippen LogP contribution in [0.3, 0.4) is 0 Å². The van der Waals surface area contributed by atoms with Gasteiger partial charge in [-0.25, -0.2) is 4.79 Å². The molecule has 122 valence electrons. The molecule has 0 saturated heterocycles. The van der Waals surface area contributed by atoms with E-state index in [-0.39, 0.29) is 5.91 Å². The van der Waals surface area contributed by atoms with Gasteiger partial charge in [-0.3, -0.25) is 25.2 Å². The van der Waals surface area contributed by atoms with Gasteiger partial charge < -0.3 is 4.90 Å². The molecular weight excluding hydrogens is 298 g/mol. The van der Waals surface area contributed by atoms with E-state index in [0.717, 1.165) is 17.7 Å². The van der Waals surface area contributed by atoms with Crippen molar-refractivity contribution in [2.24, 2.45) is 0 Å². The maximum atomic E-state index is 12.1. The molecule has 9 nitrogen and oxygen atoms in total. The predicted octanol–water partition coefficient (Wildman–Crippen LogP) is 1.21. The molecule has 1 aliphatic heterocycles. The minimum absolute atomic E-state index is 0.104. The molecule has 23 heavy (non-hydrogen) atoms. The summed E-state index contributed by atoms with van der Waals surface area (Å²) in [7, 11) is 1.74. The van der Waals surface area contributed by atoms with Crippen LogP contribution in [0.4, 0.5) is 16.4 Å². The third-order valence-corrected chi connectivity index (χ3v) is 3.93. The molecule has 3 heterocycles. The molecule has 3 rings (SSSR count). The largest absolute Gasteiger partial charge is 0.339 e. The lowest BCUT2D eigenvalue weighted by atomic mass is 10.2. The Bertz CT molecular complexity index is 761. The molecule has 3 N–H and O–H groups in total. The standard InChI is InChI=1S/C14H19N7O2/c1-4-9-8(2)12(18-17-9)16-14(23)15-11-7-10-13(22)20(3)5-6-21(10)19-11/h7H,4-6H2,1-3H3,(H3,15,16,17,18,19,23). The van der Waals surface area contributed by atoms with Gasteiger partial charge in [0.1, 0.15) is 5.69 Å². The zero-order chi connectivity index (χ0) is 16.6. The number of anilines is 2. The first kappa shape index (κ1) is 15.1. The summed E-state index contributed by atoms with van der Waals surface area (Å²) in [6, 6.07) is 1.13. The van der Waals surface area contributed by atoms with Crippen LogP contribution in [0, 0.1) is 6.92 Å². The first-order valence-electron chi connectivity index (χ1n) is 7.44. The minimum atomic E-state index is -0.446. The van der Waals surface area contributed by atoms with E-state index in [4.69, 9.17) is 0 Å². The van der Waals surface area contributed by atoms with Gasteiger partial charge in [0.05, 0.1) is 6.54 Å². The van der Waals surface area contributed by atoms with Crippen LogP contribution in [-0.2, 0) is 13.0 Å². The lowest BCUT2D eigenvalue weighted by Gasteiger charge is -2.22. The molecule has 0 saturated carbocycles. The van der Waals surface area contributed by atoms with Gasteiger partial charge in [-0.2, -0.15) is 10.2 Å². The van der Waals surface area contributed by atoms with E-state index in [1.54, 1.807) is 22.7 Å². The van der Waals surface area contributed by atoms with Crippen LogP contribution in [0.25, 0.3) is 0 Å². The molecule has 1 aliphatic rings. The molecule has 0 unspecified atom stereocenters. The number of likely N-dealkylation sites (N-methyl/N-ethyl adjacent to an activating group) is 1. The van der Waals surface area contributed by atoms with Crippen molar-refractivity contribution in [2.45, 2.75) is 26.8 Å². The molecular formula is C14H19N7O2. The van der Waals surface area contributed by atoms with E-state index < -0.39 is 6.03 Å². The Kier molecular flexibility index (Phi) is 3.77. The Balaban J connectivity index is 1.70. The Morgan fingerprint density at radius 2 is 2.17 bits per heavy atom. The topological polar surface area (TPSA) is 108 Å². The molecule has 0 fully saturated rings. The lowest BCUT2D eigenvalue weighted by Crippen LogP contribution is -2.37. The molecule has 0 spiro atoms. The average Bonchev–Trinajstić information content (AvgIpc) is 3.08. The molecule has 9 heteroatoms. The second kappa shape index (κ2) is 5.75. The highest BCUT2D eigenvalue weighted by Crippen LogP contribution is 2.17. The van der Waals surface area contributed by atoms with Gasteiger partial charge in [0, 0.05) is 30.9 Å². The summed E-state index contributed by atoms with van der Waals surface area (Å²) in [5, 5.41) is 16.5. The number of nitrogens with one attached hydrogen (secondary N) is 3. The molecule has 0 atom stereocenters. The quantitative estimate of drug-likeness (QED) is 0.790. The van der Waals surface area contributed by atoms with Crippen molar-refractivity contribution in [1.29, 1.82) is 0 Å². The fourth-order valence-electron chi connectivity index (χ4n) is 2.52. The highest BCUT2D eigenvalue weighted by molar-refractivity contribution is 6.00. The number of hydrogen-bond acceptors (Lipinski definition) is 4. The lowest BCUT2D eigenvalue weighted by molar-refractivity contribution is 0.0743. The number of urea groups is 1. The summed E-state index contributed by atoms with van der Waals surface area (Å²) in [5.41, 5.74) is 2.35. The molecule has 0 aromatic carbocycles. The molecule has 0 bridgehead atoms. The summed E-state index contributed by atoms with van der Waals surface area (Å²) in [6.07, 6.45) is 0.811. The van der Waals surface area contributed by atoms with Crippen LogP contribution in [0.1, 0.15) is 28.7 Å². The molecule has 2 aromatic heterocycles. The van der Waals surface area contributed by atoms with Gasteiger partial charge in [0.2, 0.25) is 0 Å². The van der Waals surface area contributed by atoms with Gasteiger partial charge in [-0.1, -0.05) is 6.92 Å². The van der Waals surface area contributed by atoms with E-state index in [2.05, 4.69) is 25.9 Å². The Morgan fingerprint density at radius 3 is 2.87 bits per heavy atom. The van der Waals surface area contributed by atoms with Crippen molar-refractivity contribution >= 4 is 23.6 Å². The van der Waals surface area contributed by atoms with Crippen LogP contribution >= 0.6 is 0 Å². The van der Waals surface area contributed by atoms with E-state index in [9.17, 15) is 9.59 Å². The van der Waals surface area contributed by atoms with E-state index >= 15 is 0 Å². The third-order valence-electron chi connectivity index (χ3n) is 3.93. The normalized spacial score (nSPS) is 13.9. The molecule has 0 radical (unpaired) electrons. The number of H-pyrrole nitrogens is 1. The van der Waals surface area contributed by atoms with Crippen molar-refractivity contribution in [1.82, 2.24) is 24.9 Å². The van der Waals surface area contributed by atoms with Crippen molar-refractivity contribution in [3.05, 3.63) is 23.0 Å². The number of aromatic nitrogens is 4. The summed E-state index contributed by atoms with van der Waals surface area (Å²) in [4.78, 5) is 25.7. The van der Waals surface area contributed by atoms with Crippen molar-refractivity contribution < 1.29 is 9.59 Å². The predicted molar refractivity (Wildman–Crippen MR) is 84.5 cm³/mol. The highest BCUT2D eigenvalue weighted by atomic mass is 16.2. The number of rotatable bonds is 3. The van der Waals surface area contributed by atoms with E-state index in [0.29, 0.717) is 30.4 Å². The smallest absolute Gasteiger partial charge is 0.326 e. The molecule has 2 aromatic rings. The Labute approximate surface area is 133 Å². The number of fused-ring (bicyclic) bond motifs is 1. The van der Waals surface area contributed by atoms with Crippen LogP contribution in [0.2, 0.25) is 0 Å². The second-order valence-corrected chi connectivity index (χ2v) is 5.47. The molecule has 3 amide bonds. The summed E-state index contributed by atoms with van der Waals surface area (Å²) in [6.45, 7) is 5.11. The first-order valence-corrected chi connectivity index (χ1v) is 7.44. The second-order valence-electron chi connectivity index (χ2n) is 5.47. The van der Waals surface area contributed by atoms with Gasteiger partial charge in [-0.15, -0.1) is 0 Å². The van der Waals surface area contributed by atoms with Crippen LogP contribution in [0.5, 0.6) is 0 Å². The fraction of sp³-hybridized carbons (Fsp3) is 0.429. The van der Waals surface area contributed by atoms with Gasteiger partial charge in [-0.05, 0) is 13.3 Å². The number of aryl methyl sites for hydroxylation is 1. The number of amides is 3. The first-order chi connectivity index (χ1) is 11.0. The SMILES string of the molecule is CCc1[nH]nc(NC(=O)Nc2cc3n(n2)CCN(C)C3=O)c1C. The van der Waals surface area contributed by atoms with Crippen molar-refractivity contribution in [3.63, 3.8) is 0 Å². The molecule has 0 aliphatic carbocycles. The number of nitrogens with zero attached hydrogens (tertiary/aromatic N) is 4. The van der Waals surface area contributed by atoms with Gasteiger partial charge >= 0.3 is 6.03 Å². The average molecular weight is 317 g/mol. The number of hydrogen-bond donors (Lipinski definition) is 3. The summed E-state index contributed by atoms with van der Waals surface area (Å²) in [5.74, 6) is 0.720. The fourth-order valence-corrected chi connectivity index (χ4v) is 2.52. The summed E-state index contributed by atoms with van der Waals surface area (Å²) < 4.78 is 1.60. The zero-order valence-corrected chi connectivity index (χ0v) is 13.3. The summed E-state index contributed by atoms with van der Waals surface area (Å²) >= 11 is 0. The Morgan fingerprint density at radius 1 is 1.39 bits per heavy atom. The zero-order valence-electron chi connectivity index (χ0n) is 13.3. The van der Waals surface area contributed by atoms with Crippen LogP contribution in [0.15, 0.2) is 6.07 Å². The van der Waals surface area contributed by atoms with Crippen LogP contribution < -0.4 is 10.6 Å². The Hall–Kier alpha value is -2.84. The van der Waals surface area contributed by atoms with Crippen LogP contribution in [-0.4, -0.2) is 50.4 Å². The maximum Gasteiger partial charge on any atom is 0.326 e. The number of carbonyl (C=O) groups is 2.